The number of ether oxygens (including phenoxy) is 1. The van der Waals surface area contributed by atoms with Crippen LogP contribution in [0.25, 0.3) is 0 Å². The second-order valence-electron chi connectivity index (χ2n) is 5.22. The minimum absolute atomic E-state index is 0.0486. The Hall–Kier alpha value is -1.46. The van der Waals surface area contributed by atoms with Crippen molar-refractivity contribution in [3.63, 3.8) is 0 Å². The summed E-state index contributed by atoms with van der Waals surface area (Å²) in [6.45, 7) is 1.43. The molecule has 0 radical (unpaired) electrons. The van der Waals surface area contributed by atoms with Gasteiger partial charge < -0.3 is 15.4 Å². The lowest BCUT2D eigenvalue weighted by molar-refractivity contribution is -0.133. The molecule has 0 bridgehead atoms. The third kappa shape index (κ3) is 3.55. The zero-order valence-corrected chi connectivity index (χ0v) is 12.0. The third-order valence-electron chi connectivity index (χ3n) is 3.79. The van der Waals surface area contributed by atoms with E-state index in [0.717, 1.165) is 31.4 Å². The van der Waals surface area contributed by atoms with Gasteiger partial charge in [-0.1, -0.05) is 6.07 Å². The highest BCUT2D eigenvalue weighted by atomic mass is 16.5. The van der Waals surface area contributed by atoms with Crippen LogP contribution in [0.4, 0.5) is 0 Å². The summed E-state index contributed by atoms with van der Waals surface area (Å²) in [6.07, 6.45) is 7.09. The summed E-state index contributed by atoms with van der Waals surface area (Å²) in [4.78, 5) is 18.5. The first-order chi connectivity index (χ1) is 9.74. The number of carbonyl (C=O) groups excluding carboxylic acids is 1. The molecule has 2 N–H and O–H groups in total. The smallest absolute Gasteiger partial charge is 0.239 e. The Morgan fingerprint density at radius 2 is 2.50 bits per heavy atom. The Balaban J connectivity index is 1.98. The molecule has 0 spiro atoms. The molecule has 0 aromatic carbocycles. The van der Waals surface area contributed by atoms with Crippen molar-refractivity contribution in [2.24, 2.45) is 5.73 Å². The molecular weight excluding hydrogens is 254 g/mol. The molecule has 1 aromatic rings. The van der Waals surface area contributed by atoms with E-state index in [1.165, 1.54) is 0 Å². The molecule has 110 valence electrons. The van der Waals surface area contributed by atoms with E-state index in [1.54, 1.807) is 13.3 Å². The topological polar surface area (TPSA) is 68.5 Å². The summed E-state index contributed by atoms with van der Waals surface area (Å²) in [6, 6.07) is 3.64. The number of nitrogens with zero attached hydrogens (tertiary/aromatic N) is 2. The fraction of sp³-hybridized carbons (Fsp3) is 0.600. The van der Waals surface area contributed by atoms with Gasteiger partial charge in [-0.3, -0.25) is 9.78 Å². The number of pyridine rings is 1. The predicted octanol–water partition coefficient (Wildman–Crippen LogP) is 1.50. The lowest BCUT2D eigenvalue weighted by Crippen LogP contribution is -2.43. The molecule has 2 heterocycles. The SMILES string of the molecule is COCCCC(N)C(=O)N1CCCC1c1cccnc1. The quantitative estimate of drug-likeness (QED) is 0.800. The van der Waals surface area contributed by atoms with E-state index in [-0.39, 0.29) is 11.9 Å². The molecule has 1 fully saturated rings. The van der Waals surface area contributed by atoms with Crippen molar-refractivity contribution < 1.29 is 9.53 Å². The highest BCUT2D eigenvalue weighted by molar-refractivity contribution is 5.82. The monoisotopic (exact) mass is 277 g/mol. The van der Waals surface area contributed by atoms with Gasteiger partial charge in [0.2, 0.25) is 5.91 Å². The predicted molar refractivity (Wildman–Crippen MR) is 77.0 cm³/mol. The van der Waals surface area contributed by atoms with Crippen molar-refractivity contribution in [1.29, 1.82) is 0 Å². The maximum Gasteiger partial charge on any atom is 0.239 e. The number of hydrogen-bond acceptors (Lipinski definition) is 4. The first-order valence-corrected chi connectivity index (χ1v) is 7.19. The summed E-state index contributed by atoms with van der Waals surface area (Å²) >= 11 is 0. The molecule has 1 aliphatic rings. The van der Waals surface area contributed by atoms with Gasteiger partial charge in [0.25, 0.3) is 0 Å². The van der Waals surface area contributed by atoms with E-state index in [0.29, 0.717) is 13.0 Å². The minimum atomic E-state index is -0.428. The Kier molecular flexibility index (Phi) is 5.49. The molecule has 5 heteroatoms. The Labute approximate surface area is 120 Å². The molecule has 0 saturated carbocycles. The summed E-state index contributed by atoms with van der Waals surface area (Å²) < 4.78 is 5.00. The molecule has 1 amide bonds. The molecule has 2 atom stereocenters. The van der Waals surface area contributed by atoms with Gasteiger partial charge in [-0.05, 0) is 37.3 Å². The van der Waals surface area contributed by atoms with Gasteiger partial charge in [0.15, 0.2) is 0 Å². The number of aromatic nitrogens is 1. The van der Waals surface area contributed by atoms with Gasteiger partial charge in [-0.15, -0.1) is 0 Å². The number of nitrogens with two attached hydrogens (primary N) is 1. The van der Waals surface area contributed by atoms with Crippen LogP contribution in [0.5, 0.6) is 0 Å². The molecule has 5 nitrogen and oxygen atoms in total. The van der Waals surface area contributed by atoms with Gasteiger partial charge in [-0.2, -0.15) is 0 Å². The number of rotatable bonds is 6. The van der Waals surface area contributed by atoms with Crippen LogP contribution < -0.4 is 5.73 Å². The van der Waals surface area contributed by atoms with Gasteiger partial charge in [0, 0.05) is 32.7 Å². The first-order valence-electron chi connectivity index (χ1n) is 7.19. The van der Waals surface area contributed by atoms with E-state index in [1.807, 2.05) is 23.2 Å². The fourth-order valence-electron chi connectivity index (χ4n) is 2.73. The summed E-state index contributed by atoms with van der Waals surface area (Å²) in [7, 11) is 1.66. The number of hydrogen-bond donors (Lipinski definition) is 1. The summed E-state index contributed by atoms with van der Waals surface area (Å²) in [5.41, 5.74) is 7.12. The van der Waals surface area contributed by atoms with E-state index in [9.17, 15) is 4.79 Å². The second-order valence-corrected chi connectivity index (χ2v) is 5.22. The number of methoxy groups -OCH3 is 1. The van der Waals surface area contributed by atoms with Crippen molar-refractivity contribution in [2.75, 3.05) is 20.3 Å². The molecule has 0 aliphatic carbocycles. The van der Waals surface area contributed by atoms with Crippen molar-refractivity contribution in [1.82, 2.24) is 9.88 Å². The molecular formula is C15H23N3O2. The van der Waals surface area contributed by atoms with Crippen LogP contribution in [0.2, 0.25) is 0 Å². The van der Waals surface area contributed by atoms with Crippen LogP contribution in [0, 0.1) is 0 Å². The van der Waals surface area contributed by atoms with Crippen LogP contribution in [-0.2, 0) is 9.53 Å². The number of amides is 1. The van der Waals surface area contributed by atoms with E-state index >= 15 is 0 Å². The van der Waals surface area contributed by atoms with E-state index < -0.39 is 6.04 Å². The Morgan fingerprint density at radius 3 is 3.20 bits per heavy atom. The van der Waals surface area contributed by atoms with Crippen LogP contribution >= 0.6 is 0 Å². The maximum atomic E-state index is 12.5. The maximum absolute atomic E-state index is 12.5. The zero-order valence-electron chi connectivity index (χ0n) is 12.0. The van der Waals surface area contributed by atoms with Gasteiger partial charge in [-0.25, -0.2) is 0 Å². The zero-order chi connectivity index (χ0) is 14.4. The van der Waals surface area contributed by atoms with Gasteiger partial charge >= 0.3 is 0 Å². The fourth-order valence-corrected chi connectivity index (χ4v) is 2.73. The molecule has 2 rings (SSSR count). The number of carbonyl (C=O) groups is 1. The van der Waals surface area contributed by atoms with Gasteiger partial charge in [0.05, 0.1) is 12.1 Å². The normalized spacial score (nSPS) is 20.1. The van der Waals surface area contributed by atoms with E-state index in [2.05, 4.69) is 4.98 Å². The van der Waals surface area contributed by atoms with Crippen LogP contribution in [0.1, 0.15) is 37.3 Å². The van der Waals surface area contributed by atoms with Crippen molar-refractivity contribution in [2.45, 2.75) is 37.8 Å². The van der Waals surface area contributed by atoms with E-state index in [4.69, 9.17) is 10.5 Å². The Morgan fingerprint density at radius 1 is 1.65 bits per heavy atom. The largest absolute Gasteiger partial charge is 0.385 e. The van der Waals surface area contributed by atoms with Crippen molar-refractivity contribution in [3.05, 3.63) is 30.1 Å². The average Bonchev–Trinajstić information content (AvgIpc) is 2.97. The lowest BCUT2D eigenvalue weighted by Gasteiger charge is -2.27. The molecule has 1 saturated heterocycles. The standard InChI is InChI=1S/C15H23N3O2/c1-20-10-4-6-13(16)15(19)18-9-3-7-14(18)12-5-2-8-17-11-12/h2,5,8,11,13-14H,3-4,6-7,9-10,16H2,1H3. The molecule has 1 aromatic heterocycles. The van der Waals surface area contributed by atoms with Crippen molar-refractivity contribution in [3.8, 4) is 0 Å². The third-order valence-corrected chi connectivity index (χ3v) is 3.79. The van der Waals surface area contributed by atoms with Gasteiger partial charge in [0.1, 0.15) is 0 Å². The summed E-state index contributed by atoms with van der Waals surface area (Å²) in [5, 5.41) is 0. The molecule has 1 aliphatic heterocycles. The molecule has 2 unspecified atom stereocenters. The average molecular weight is 277 g/mol. The second kappa shape index (κ2) is 7.36. The lowest BCUT2D eigenvalue weighted by atomic mass is 10.1. The van der Waals surface area contributed by atoms with Crippen LogP contribution in [0.3, 0.4) is 0 Å². The van der Waals surface area contributed by atoms with Crippen molar-refractivity contribution >= 4 is 5.91 Å². The highest BCUT2D eigenvalue weighted by Gasteiger charge is 2.32. The van der Waals surface area contributed by atoms with Crippen LogP contribution in [0.15, 0.2) is 24.5 Å². The highest BCUT2D eigenvalue weighted by Crippen LogP contribution is 2.31. The number of likely N-dealkylation sites (tertiary alicyclic amines) is 1. The van der Waals surface area contributed by atoms with Crippen LogP contribution in [-0.4, -0.2) is 42.1 Å². The first kappa shape index (κ1) is 14.9. The minimum Gasteiger partial charge on any atom is -0.385 e. The molecule has 20 heavy (non-hydrogen) atoms. The Bertz CT molecular complexity index is 424. The summed E-state index contributed by atoms with van der Waals surface area (Å²) in [5.74, 6) is 0.0486.